The van der Waals surface area contributed by atoms with Gasteiger partial charge in [0.2, 0.25) is 0 Å². The molecule has 113 valence electrons. The molecule has 1 atom stereocenters. The van der Waals surface area contributed by atoms with Crippen LogP contribution in [0.3, 0.4) is 0 Å². The molecular formula is C17H33O2. The Labute approximate surface area is 120 Å². The van der Waals surface area contributed by atoms with Crippen LogP contribution in [0.25, 0.3) is 0 Å². The summed E-state index contributed by atoms with van der Waals surface area (Å²) in [6.45, 7) is 4.19. The summed E-state index contributed by atoms with van der Waals surface area (Å²) in [7, 11) is 0. The van der Waals surface area contributed by atoms with Crippen molar-refractivity contribution >= 4 is 5.97 Å². The smallest absolute Gasteiger partial charge is 0.306 e. The molecule has 0 heterocycles. The van der Waals surface area contributed by atoms with Crippen molar-refractivity contribution in [3.05, 3.63) is 6.42 Å². The van der Waals surface area contributed by atoms with Crippen LogP contribution in [0.1, 0.15) is 90.9 Å². The summed E-state index contributed by atoms with van der Waals surface area (Å²) in [5.74, 6) is -0.909. The average Bonchev–Trinajstić information content (AvgIpc) is 2.40. The van der Waals surface area contributed by atoms with Crippen molar-refractivity contribution < 1.29 is 9.90 Å². The lowest BCUT2D eigenvalue weighted by Gasteiger charge is -2.08. The highest BCUT2D eigenvalue weighted by molar-refractivity contribution is 5.71. The van der Waals surface area contributed by atoms with Gasteiger partial charge in [0, 0.05) is 0 Å². The predicted octanol–water partition coefficient (Wildman–Crippen LogP) is 5.61. The highest BCUT2D eigenvalue weighted by atomic mass is 16.4. The topological polar surface area (TPSA) is 37.3 Å². The van der Waals surface area contributed by atoms with Gasteiger partial charge in [-0.3, -0.25) is 4.79 Å². The number of rotatable bonds is 14. The van der Waals surface area contributed by atoms with Crippen LogP contribution in [-0.4, -0.2) is 11.1 Å². The van der Waals surface area contributed by atoms with Crippen LogP contribution in [0.5, 0.6) is 0 Å². The van der Waals surface area contributed by atoms with Crippen LogP contribution in [-0.2, 0) is 4.79 Å². The highest BCUT2D eigenvalue weighted by Gasteiger charge is 2.13. The fourth-order valence-electron chi connectivity index (χ4n) is 2.39. The molecule has 0 saturated carbocycles. The quantitative estimate of drug-likeness (QED) is 0.416. The second kappa shape index (κ2) is 13.9. The van der Waals surface area contributed by atoms with Crippen LogP contribution < -0.4 is 0 Å². The molecule has 0 bridgehead atoms. The molecule has 1 N–H and O–H groups in total. The van der Waals surface area contributed by atoms with Crippen molar-refractivity contribution in [3.8, 4) is 0 Å². The van der Waals surface area contributed by atoms with Gasteiger partial charge in [-0.15, -0.1) is 0 Å². The van der Waals surface area contributed by atoms with E-state index in [1.54, 1.807) is 0 Å². The summed E-state index contributed by atoms with van der Waals surface area (Å²) in [6, 6.07) is 0. The molecule has 19 heavy (non-hydrogen) atoms. The Kier molecular flexibility index (Phi) is 13.5. The number of aliphatic carboxylic acids is 1. The summed E-state index contributed by atoms with van der Waals surface area (Å²) < 4.78 is 0. The lowest BCUT2D eigenvalue weighted by molar-refractivity contribution is -0.140. The standard InChI is InChI=1S/C17H33O2/c1-3-5-6-7-8-9-10-11-12-13-14-15-16(4-2)17(18)19/h15-16H,3-14H2,1-2H3,(H,18,19)/t16-/m1/s1. The van der Waals surface area contributed by atoms with Gasteiger partial charge in [0.05, 0.1) is 5.92 Å². The van der Waals surface area contributed by atoms with E-state index in [0.29, 0.717) is 6.42 Å². The van der Waals surface area contributed by atoms with E-state index in [1.165, 1.54) is 57.8 Å². The second-order valence-electron chi connectivity index (χ2n) is 5.56. The van der Waals surface area contributed by atoms with Crippen LogP contribution in [0.2, 0.25) is 0 Å². The minimum atomic E-state index is -0.672. The Morgan fingerprint density at radius 1 is 0.895 bits per heavy atom. The molecule has 0 aromatic rings. The van der Waals surface area contributed by atoms with E-state index in [2.05, 4.69) is 6.92 Å². The minimum Gasteiger partial charge on any atom is -0.481 e. The second-order valence-corrected chi connectivity index (χ2v) is 5.56. The zero-order valence-electron chi connectivity index (χ0n) is 13.0. The van der Waals surface area contributed by atoms with Crippen molar-refractivity contribution in [2.75, 3.05) is 0 Å². The highest BCUT2D eigenvalue weighted by Crippen LogP contribution is 2.15. The van der Waals surface area contributed by atoms with E-state index in [4.69, 9.17) is 5.11 Å². The molecule has 0 spiro atoms. The van der Waals surface area contributed by atoms with E-state index >= 15 is 0 Å². The van der Waals surface area contributed by atoms with E-state index < -0.39 is 5.97 Å². The first-order chi connectivity index (χ1) is 9.22. The maximum Gasteiger partial charge on any atom is 0.306 e. The molecule has 2 heteroatoms. The third-order valence-electron chi connectivity index (χ3n) is 3.77. The molecule has 0 aliphatic heterocycles. The van der Waals surface area contributed by atoms with Gasteiger partial charge >= 0.3 is 5.97 Å². The number of hydrogen-bond acceptors (Lipinski definition) is 1. The van der Waals surface area contributed by atoms with E-state index in [-0.39, 0.29) is 5.92 Å². The van der Waals surface area contributed by atoms with Gasteiger partial charge in [-0.05, 0) is 19.3 Å². The SMILES string of the molecule is CCCCCCCCCCCC[CH][C@@H](CC)C(=O)O. The van der Waals surface area contributed by atoms with E-state index in [9.17, 15) is 4.79 Å². The largest absolute Gasteiger partial charge is 0.481 e. The molecule has 1 radical (unpaired) electrons. The maximum atomic E-state index is 10.8. The molecular weight excluding hydrogens is 236 g/mol. The number of unbranched alkanes of at least 4 members (excludes halogenated alkanes) is 10. The summed E-state index contributed by atoms with van der Waals surface area (Å²) in [4.78, 5) is 10.8. The van der Waals surface area contributed by atoms with Gasteiger partial charge in [0.1, 0.15) is 0 Å². The molecule has 0 rings (SSSR count). The number of carboxylic acids is 1. The fraction of sp³-hybridized carbons (Fsp3) is 0.882. The number of carboxylic acid groups (broad SMARTS) is 1. The third-order valence-corrected chi connectivity index (χ3v) is 3.77. The van der Waals surface area contributed by atoms with Gasteiger partial charge in [-0.1, -0.05) is 78.1 Å². The lowest BCUT2D eigenvalue weighted by atomic mass is 9.98. The summed E-state index contributed by atoms with van der Waals surface area (Å²) in [6.07, 6.45) is 17.0. The zero-order valence-corrected chi connectivity index (χ0v) is 13.0. The van der Waals surface area contributed by atoms with Crippen molar-refractivity contribution in [2.24, 2.45) is 5.92 Å². The lowest BCUT2D eigenvalue weighted by Crippen LogP contribution is -2.12. The van der Waals surface area contributed by atoms with Crippen molar-refractivity contribution in [3.63, 3.8) is 0 Å². The Morgan fingerprint density at radius 2 is 1.37 bits per heavy atom. The molecule has 2 nitrogen and oxygen atoms in total. The Morgan fingerprint density at radius 3 is 1.79 bits per heavy atom. The van der Waals surface area contributed by atoms with Crippen LogP contribution in [0, 0.1) is 12.3 Å². The average molecular weight is 269 g/mol. The van der Waals surface area contributed by atoms with Gasteiger partial charge < -0.3 is 5.11 Å². The normalized spacial score (nSPS) is 12.5. The van der Waals surface area contributed by atoms with E-state index in [0.717, 1.165) is 12.8 Å². The van der Waals surface area contributed by atoms with Crippen LogP contribution in [0.4, 0.5) is 0 Å². The summed E-state index contributed by atoms with van der Waals surface area (Å²) >= 11 is 0. The molecule has 0 aromatic carbocycles. The predicted molar refractivity (Wildman–Crippen MR) is 82.2 cm³/mol. The monoisotopic (exact) mass is 269 g/mol. The molecule has 0 fully saturated rings. The first-order valence-corrected chi connectivity index (χ1v) is 8.28. The van der Waals surface area contributed by atoms with Crippen molar-refractivity contribution in [1.29, 1.82) is 0 Å². The number of hydrogen-bond donors (Lipinski definition) is 1. The van der Waals surface area contributed by atoms with Gasteiger partial charge in [-0.25, -0.2) is 0 Å². The molecule has 0 unspecified atom stereocenters. The minimum absolute atomic E-state index is 0.237. The molecule has 0 aliphatic carbocycles. The first-order valence-electron chi connectivity index (χ1n) is 8.28. The molecule has 0 aromatic heterocycles. The van der Waals surface area contributed by atoms with Crippen LogP contribution >= 0.6 is 0 Å². The Bertz CT molecular complexity index is 201. The molecule has 0 amide bonds. The first kappa shape index (κ1) is 18.5. The molecule has 0 saturated heterocycles. The number of carbonyl (C=O) groups is 1. The van der Waals surface area contributed by atoms with Gasteiger partial charge in [0.15, 0.2) is 0 Å². The zero-order chi connectivity index (χ0) is 14.3. The summed E-state index contributed by atoms with van der Waals surface area (Å²) in [5, 5.41) is 8.90. The van der Waals surface area contributed by atoms with Gasteiger partial charge in [-0.2, -0.15) is 0 Å². The van der Waals surface area contributed by atoms with Crippen LogP contribution in [0.15, 0.2) is 0 Å². The summed E-state index contributed by atoms with van der Waals surface area (Å²) in [5.41, 5.74) is 0. The van der Waals surface area contributed by atoms with Crippen molar-refractivity contribution in [2.45, 2.75) is 90.9 Å². The Balaban J connectivity index is 3.16. The van der Waals surface area contributed by atoms with Gasteiger partial charge in [0.25, 0.3) is 0 Å². The third kappa shape index (κ3) is 12.3. The van der Waals surface area contributed by atoms with E-state index in [1.807, 2.05) is 13.3 Å². The Hall–Kier alpha value is -0.530. The van der Waals surface area contributed by atoms with Crippen molar-refractivity contribution in [1.82, 2.24) is 0 Å². The maximum absolute atomic E-state index is 10.8. The fourth-order valence-corrected chi connectivity index (χ4v) is 2.39. The molecule has 0 aliphatic rings.